The Morgan fingerprint density at radius 3 is 2.88 bits per heavy atom. The Morgan fingerprint density at radius 1 is 1.50 bits per heavy atom. The molecule has 3 heteroatoms. The van der Waals surface area contributed by atoms with E-state index in [-0.39, 0.29) is 0 Å². The number of nitrogens with one attached hydrogen (secondary N) is 1. The summed E-state index contributed by atoms with van der Waals surface area (Å²) in [5, 5.41) is 2.13. The first-order chi connectivity index (χ1) is 7.79. The van der Waals surface area contributed by atoms with E-state index in [9.17, 15) is 0 Å². The Hall–Kier alpha value is -0.640. The molecule has 1 rings (SSSR count). The summed E-state index contributed by atoms with van der Waals surface area (Å²) in [7, 11) is 0. The summed E-state index contributed by atoms with van der Waals surface area (Å²) in [4.78, 5) is 1.38. The summed E-state index contributed by atoms with van der Waals surface area (Å²) < 4.78 is 0. The lowest BCUT2D eigenvalue weighted by atomic mass is 10.0. The van der Waals surface area contributed by atoms with Gasteiger partial charge in [-0.1, -0.05) is 18.9 Å². The molecule has 2 nitrogen and oxygen atoms in total. The molecule has 0 bridgehead atoms. The molecule has 0 aliphatic rings. The summed E-state index contributed by atoms with van der Waals surface area (Å²) >= 11 is 1.79. The lowest BCUT2D eigenvalue weighted by Gasteiger charge is -2.15. The van der Waals surface area contributed by atoms with Gasteiger partial charge in [-0.15, -0.1) is 17.9 Å². The molecule has 0 amide bonds. The fourth-order valence-corrected chi connectivity index (χ4v) is 2.87. The monoisotopic (exact) mass is 238 g/mol. The first kappa shape index (κ1) is 13.4. The van der Waals surface area contributed by atoms with Crippen LogP contribution < -0.4 is 11.3 Å². The number of aryl methyl sites for hydroxylation is 1. The molecule has 1 atom stereocenters. The molecule has 1 unspecified atom stereocenters. The van der Waals surface area contributed by atoms with E-state index in [0.717, 1.165) is 12.8 Å². The van der Waals surface area contributed by atoms with Gasteiger partial charge in [0.2, 0.25) is 0 Å². The standard InChI is InChI=1S/C13H22N2S/c1-3-4-5-6-7-8-12(15-14)13-11(2)9-10-16-13/h3,9-10,12,15H,1,4-8,14H2,2H3. The fraction of sp³-hybridized carbons (Fsp3) is 0.538. The van der Waals surface area contributed by atoms with Gasteiger partial charge >= 0.3 is 0 Å². The number of allylic oxidation sites excluding steroid dienone is 1. The van der Waals surface area contributed by atoms with Crippen molar-refractivity contribution in [2.24, 2.45) is 5.84 Å². The predicted molar refractivity (Wildman–Crippen MR) is 72.4 cm³/mol. The quantitative estimate of drug-likeness (QED) is 0.314. The molecule has 1 heterocycles. The second kappa shape index (κ2) is 7.60. The van der Waals surface area contributed by atoms with Gasteiger partial charge in [-0.3, -0.25) is 11.3 Å². The minimum Gasteiger partial charge on any atom is -0.271 e. The Labute approximate surface area is 103 Å². The van der Waals surface area contributed by atoms with E-state index >= 15 is 0 Å². The lowest BCUT2D eigenvalue weighted by molar-refractivity contribution is 0.488. The van der Waals surface area contributed by atoms with Gasteiger partial charge in [-0.05, 0) is 43.2 Å². The van der Waals surface area contributed by atoms with Crippen LogP contribution in [0.1, 0.15) is 48.6 Å². The molecule has 16 heavy (non-hydrogen) atoms. The van der Waals surface area contributed by atoms with Crippen LogP contribution in [0.25, 0.3) is 0 Å². The number of unbranched alkanes of at least 4 members (excludes halogenated alkanes) is 3. The number of hydrazine groups is 1. The van der Waals surface area contributed by atoms with E-state index in [1.165, 1.54) is 29.7 Å². The van der Waals surface area contributed by atoms with E-state index in [2.05, 4.69) is 30.4 Å². The van der Waals surface area contributed by atoms with Gasteiger partial charge in [0.05, 0.1) is 6.04 Å². The Balaban J connectivity index is 2.33. The molecule has 1 aromatic heterocycles. The molecule has 0 spiro atoms. The van der Waals surface area contributed by atoms with Crippen LogP contribution >= 0.6 is 11.3 Å². The van der Waals surface area contributed by atoms with Crippen molar-refractivity contribution in [2.45, 2.75) is 45.1 Å². The maximum absolute atomic E-state index is 5.61. The van der Waals surface area contributed by atoms with Crippen LogP contribution in [0, 0.1) is 6.92 Å². The number of hydrogen-bond acceptors (Lipinski definition) is 3. The van der Waals surface area contributed by atoms with E-state index in [4.69, 9.17) is 5.84 Å². The fourth-order valence-electron chi connectivity index (χ4n) is 1.85. The van der Waals surface area contributed by atoms with Crippen molar-refractivity contribution in [3.8, 4) is 0 Å². The van der Waals surface area contributed by atoms with Crippen molar-refractivity contribution in [1.29, 1.82) is 0 Å². The zero-order chi connectivity index (χ0) is 11.8. The van der Waals surface area contributed by atoms with E-state index < -0.39 is 0 Å². The van der Waals surface area contributed by atoms with Crippen molar-refractivity contribution < 1.29 is 0 Å². The molecule has 0 aliphatic carbocycles. The molecule has 0 aliphatic heterocycles. The molecular weight excluding hydrogens is 216 g/mol. The molecule has 90 valence electrons. The summed E-state index contributed by atoms with van der Waals surface area (Å²) in [6.07, 6.45) is 7.95. The zero-order valence-electron chi connectivity index (χ0n) is 10.0. The largest absolute Gasteiger partial charge is 0.271 e. The van der Waals surface area contributed by atoms with Gasteiger partial charge in [0, 0.05) is 4.88 Å². The smallest absolute Gasteiger partial charge is 0.0555 e. The average molecular weight is 238 g/mol. The molecule has 0 radical (unpaired) electrons. The van der Waals surface area contributed by atoms with Crippen LogP contribution in [0.2, 0.25) is 0 Å². The summed E-state index contributed by atoms with van der Waals surface area (Å²) in [5.74, 6) is 5.61. The minimum atomic E-state index is 0.323. The van der Waals surface area contributed by atoms with E-state index in [1.807, 2.05) is 6.08 Å². The van der Waals surface area contributed by atoms with Crippen LogP contribution in [0.3, 0.4) is 0 Å². The molecule has 3 N–H and O–H groups in total. The van der Waals surface area contributed by atoms with Gasteiger partial charge in [0.1, 0.15) is 0 Å². The summed E-state index contributed by atoms with van der Waals surface area (Å²) in [5.41, 5.74) is 4.27. The van der Waals surface area contributed by atoms with Crippen molar-refractivity contribution in [1.82, 2.24) is 5.43 Å². The Bertz CT molecular complexity index is 307. The van der Waals surface area contributed by atoms with Crippen LogP contribution in [-0.2, 0) is 0 Å². The summed E-state index contributed by atoms with van der Waals surface area (Å²) in [6.45, 7) is 5.88. The third-order valence-corrected chi connectivity index (χ3v) is 3.95. The van der Waals surface area contributed by atoms with Crippen LogP contribution in [0.15, 0.2) is 24.1 Å². The predicted octanol–water partition coefficient (Wildman–Crippen LogP) is 3.70. The second-order valence-corrected chi connectivity index (χ2v) is 5.06. The topological polar surface area (TPSA) is 38.0 Å². The highest BCUT2D eigenvalue weighted by atomic mass is 32.1. The minimum absolute atomic E-state index is 0.323. The van der Waals surface area contributed by atoms with E-state index in [0.29, 0.717) is 6.04 Å². The highest BCUT2D eigenvalue weighted by molar-refractivity contribution is 7.10. The number of rotatable bonds is 8. The highest BCUT2D eigenvalue weighted by Gasteiger charge is 2.12. The van der Waals surface area contributed by atoms with Gasteiger partial charge in [-0.25, -0.2) is 0 Å². The third kappa shape index (κ3) is 4.08. The SMILES string of the molecule is C=CCCCCCC(NN)c1sccc1C. The van der Waals surface area contributed by atoms with Crippen LogP contribution in [0.5, 0.6) is 0 Å². The number of hydrogen-bond donors (Lipinski definition) is 2. The molecule has 0 saturated heterocycles. The highest BCUT2D eigenvalue weighted by Crippen LogP contribution is 2.27. The number of nitrogens with two attached hydrogens (primary N) is 1. The van der Waals surface area contributed by atoms with Crippen molar-refractivity contribution in [2.75, 3.05) is 0 Å². The average Bonchev–Trinajstić information content (AvgIpc) is 2.70. The first-order valence-corrected chi connectivity index (χ1v) is 6.78. The molecule has 1 aromatic rings. The first-order valence-electron chi connectivity index (χ1n) is 5.90. The zero-order valence-corrected chi connectivity index (χ0v) is 10.9. The van der Waals surface area contributed by atoms with Gasteiger partial charge in [-0.2, -0.15) is 0 Å². The third-order valence-electron chi connectivity index (χ3n) is 2.82. The Morgan fingerprint density at radius 2 is 2.31 bits per heavy atom. The second-order valence-electron chi connectivity index (χ2n) is 4.11. The maximum atomic E-state index is 5.61. The lowest BCUT2D eigenvalue weighted by Crippen LogP contribution is -2.27. The van der Waals surface area contributed by atoms with Crippen molar-refractivity contribution in [3.63, 3.8) is 0 Å². The maximum Gasteiger partial charge on any atom is 0.0555 e. The molecule has 0 saturated carbocycles. The normalized spacial score (nSPS) is 12.6. The Kier molecular flexibility index (Phi) is 6.38. The van der Waals surface area contributed by atoms with Crippen LogP contribution in [-0.4, -0.2) is 0 Å². The number of thiophene rings is 1. The molecular formula is C13H22N2S. The van der Waals surface area contributed by atoms with Gasteiger partial charge in [0.15, 0.2) is 0 Å². The van der Waals surface area contributed by atoms with Crippen molar-refractivity contribution in [3.05, 3.63) is 34.5 Å². The van der Waals surface area contributed by atoms with Crippen molar-refractivity contribution >= 4 is 11.3 Å². The summed E-state index contributed by atoms with van der Waals surface area (Å²) in [6, 6.07) is 2.48. The molecule has 0 aromatic carbocycles. The van der Waals surface area contributed by atoms with Gasteiger partial charge in [0.25, 0.3) is 0 Å². The molecule has 0 fully saturated rings. The van der Waals surface area contributed by atoms with Gasteiger partial charge < -0.3 is 0 Å². The van der Waals surface area contributed by atoms with E-state index in [1.54, 1.807) is 11.3 Å². The van der Waals surface area contributed by atoms with Crippen LogP contribution in [0.4, 0.5) is 0 Å².